The number of halogens is 1. The lowest BCUT2D eigenvalue weighted by Gasteiger charge is -2.14. The van der Waals surface area contributed by atoms with Gasteiger partial charge in [0.1, 0.15) is 5.75 Å². The lowest BCUT2D eigenvalue weighted by atomic mass is 10.1. The summed E-state index contributed by atoms with van der Waals surface area (Å²) in [6.07, 6.45) is 5.04. The molecule has 0 bridgehead atoms. The molecule has 31 heavy (non-hydrogen) atoms. The van der Waals surface area contributed by atoms with Crippen LogP contribution in [-0.4, -0.2) is 44.1 Å². The molecule has 0 aliphatic rings. The lowest BCUT2D eigenvalue weighted by Crippen LogP contribution is -2.30. The van der Waals surface area contributed by atoms with E-state index in [4.69, 9.17) is 21.3 Å². The fourth-order valence-electron chi connectivity index (χ4n) is 3.40. The van der Waals surface area contributed by atoms with Crippen LogP contribution in [0.2, 0.25) is 5.02 Å². The molecule has 0 aliphatic heterocycles. The maximum Gasteiger partial charge on any atom is 0.252 e. The Morgan fingerprint density at radius 1 is 1.23 bits per heavy atom. The number of benzene rings is 1. The van der Waals surface area contributed by atoms with E-state index in [0.717, 1.165) is 11.3 Å². The second-order valence-electron chi connectivity index (χ2n) is 7.48. The molecule has 0 spiro atoms. The Labute approximate surface area is 184 Å². The first-order valence-corrected chi connectivity index (χ1v) is 10.3. The van der Waals surface area contributed by atoms with E-state index in [-0.39, 0.29) is 11.8 Å². The Hall–Kier alpha value is -3.39. The number of aromatic nitrogens is 5. The molecule has 3 aromatic heterocycles. The normalized spacial score (nSPS) is 12.1. The van der Waals surface area contributed by atoms with Crippen LogP contribution in [0, 0.1) is 5.92 Å². The number of pyridine rings is 1. The van der Waals surface area contributed by atoms with E-state index in [1.54, 1.807) is 41.1 Å². The van der Waals surface area contributed by atoms with Gasteiger partial charge in [-0.15, -0.1) is 0 Å². The number of rotatable bonds is 7. The van der Waals surface area contributed by atoms with Gasteiger partial charge in [-0.2, -0.15) is 10.2 Å². The van der Waals surface area contributed by atoms with E-state index in [0.29, 0.717) is 40.4 Å². The quantitative estimate of drug-likeness (QED) is 0.476. The molecule has 160 valence electrons. The van der Waals surface area contributed by atoms with Crippen LogP contribution in [0.25, 0.3) is 22.3 Å². The Morgan fingerprint density at radius 2 is 2.00 bits per heavy atom. The van der Waals surface area contributed by atoms with Crippen LogP contribution in [-0.2, 0) is 13.6 Å². The molecular formula is C22H23ClN6O2. The Morgan fingerprint density at radius 3 is 2.68 bits per heavy atom. The van der Waals surface area contributed by atoms with Gasteiger partial charge in [0.25, 0.3) is 5.91 Å². The molecule has 0 aliphatic carbocycles. The van der Waals surface area contributed by atoms with Gasteiger partial charge in [-0.1, -0.05) is 18.5 Å². The first-order valence-electron chi connectivity index (χ1n) is 9.88. The number of nitrogens with zero attached hydrogens (tertiary/aromatic N) is 5. The number of carbonyl (C=O) groups excluding carboxylic acids is 1. The minimum absolute atomic E-state index is 0.166. The van der Waals surface area contributed by atoms with E-state index in [1.165, 1.54) is 0 Å². The van der Waals surface area contributed by atoms with Gasteiger partial charge < -0.3 is 10.1 Å². The highest BCUT2D eigenvalue weighted by atomic mass is 35.5. The van der Waals surface area contributed by atoms with Gasteiger partial charge >= 0.3 is 0 Å². The van der Waals surface area contributed by atoms with Crippen molar-refractivity contribution in [1.82, 2.24) is 29.9 Å². The predicted molar refractivity (Wildman–Crippen MR) is 119 cm³/mol. The maximum absolute atomic E-state index is 13.1. The molecule has 4 rings (SSSR count). The number of carbonyl (C=O) groups is 1. The van der Waals surface area contributed by atoms with Gasteiger partial charge in [0.15, 0.2) is 5.65 Å². The first kappa shape index (κ1) is 20.9. The van der Waals surface area contributed by atoms with Crippen molar-refractivity contribution >= 4 is 28.5 Å². The average Bonchev–Trinajstić information content (AvgIpc) is 3.36. The largest absolute Gasteiger partial charge is 0.497 e. The smallest absolute Gasteiger partial charge is 0.252 e. The minimum Gasteiger partial charge on any atom is -0.497 e. The highest BCUT2D eigenvalue weighted by molar-refractivity contribution is 6.30. The van der Waals surface area contributed by atoms with Gasteiger partial charge in [-0.05, 0) is 36.2 Å². The average molecular weight is 439 g/mol. The number of methoxy groups -OCH3 is 1. The van der Waals surface area contributed by atoms with Crippen molar-refractivity contribution in [3.8, 4) is 17.0 Å². The van der Waals surface area contributed by atoms with E-state index in [2.05, 4.69) is 15.5 Å². The SMILES string of the molecule is COc1ccc(-c2cc(C(=O)NC[C@@H](C)Cn3cc(Cl)cn3)c3cnn(C)c3n2)cc1. The van der Waals surface area contributed by atoms with Crippen LogP contribution in [0.5, 0.6) is 5.75 Å². The second-order valence-corrected chi connectivity index (χ2v) is 7.92. The van der Waals surface area contributed by atoms with Crippen molar-refractivity contribution < 1.29 is 9.53 Å². The summed E-state index contributed by atoms with van der Waals surface area (Å²) >= 11 is 5.92. The minimum atomic E-state index is -0.166. The number of hydrogen-bond acceptors (Lipinski definition) is 5. The number of aryl methyl sites for hydroxylation is 1. The van der Waals surface area contributed by atoms with Crippen molar-refractivity contribution in [3.63, 3.8) is 0 Å². The zero-order valence-electron chi connectivity index (χ0n) is 17.5. The van der Waals surface area contributed by atoms with E-state index in [1.807, 2.05) is 38.2 Å². The van der Waals surface area contributed by atoms with Crippen molar-refractivity contribution in [3.05, 3.63) is 59.5 Å². The topological polar surface area (TPSA) is 86.9 Å². The van der Waals surface area contributed by atoms with Gasteiger partial charge in [-0.3, -0.25) is 14.2 Å². The summed E-state index contributed by atoms with van der Waals surface area (Å²) in [4.78, 5) is 17.8. The molecule has 9 heteroatoms. The van der Waals surface area contributed by atoms with Gasteiger partial charge in [0.2, 0.25) is 0 Å². The van der Waals surface area contributed by atoms with Crippen LogP contribution in [0.4, 0.5) is 0 Å². The molecule has 1 aromatic carbocycles. The van der Waals surface area contributed by atoms with E-state index in [9.17, 15) is 4.79 Å². The lowest BCUT2D eigenvalue weighted by molar-refractivity contribution is 0.0948. The molecule has 4 aromatic rings. The Bertz CT molecular complexity index is 1210. The third-order valence-corrected chi connectivity index (χ3v) is 5.24. The number of amides is 1. The van der Waals surface area contributed by atoms with Crippen LogP contribution in [0.15, 0.2) is 48.9 Å². The first-order chi connectivity index (χ1) is 14.9. The number of hydrogen-bond donors (Lipinski definition) is 1. The molecular weight excluding hydrogens is 416 g/mol. The van der Waals surface area contributed by atoms with E-state index >= 15 is 0 Å². The molecule has 8 nitrogen and oxygen atoms in total. The molecule has 1 atom stereocenters. The van der Waals surface area contributed by atoms with Crippen LogP contribution in [0.3, 0.4) is 0 Å². The summed E-state index contributed by atoms with van der Waals surface area (Å²) in [5, 5.41) is 12.8. The van der Waals surface area contributed by atoms with Crippen LogP contribution < -0.4 is 10.1 Å². The Balaban J connectivity index is 1.57. The highest BCUT2D eigenvalue weighted by Gasteiger charge is 2.17. The maximum atomic E-state index is 13.1. The predicted octanol–water partition coefficient (Wildman–Crippen LogP) is 3.56. The number of fused-ring (bicyclic) bond motifs is 1. The van der Waals surface area contributed by atoms with Crippen molar-refractivity contribution in [2.75, 3.05) is 13.7 Å². The molecule has 0 radical (unpaired) electrons. The summed E-state index contributed by atoms with van der Waals surface area (Å²) < 4.78 is 8.67. The highest BCUT2D eigenvalue weighted by Crippen LogP contribution is 2.26. The summed E-state index contributed by atoms with van der Waals surface area (Å²) in [6.45, 7) is 3.20. The van der Waals surface area contributed by atoms with Gasteiger partial charge in [-0.25, -0.2) is 4.98 Å². The van der Waals surface area contributed by atoms with E-state index < -0.39 is 0 Å². The molecule has 0 saturated heterocycles. The standard InChI is InChI=1S/C22H23ClN6O2/c1-14(12-29-13-16(23)10-26-29)9-24-22(30)18-8-20(15-4-6-17(31-3)7-5-15)27-21-19(18)11-25-28(21)2/h4-8,10-11,13-14H,9,12H2,1-3H3,(H,24,30)/t14-/m1/s1. The summed E-state index contributed by atoms with van der Waals surface area (Å²) in [5.74, 6) is 0.767. The Kier molecular flexibility index (Phi) is 5.90. The zero-order chi connectivity index (χ0) is 22.0. The van der Waals surface area contributed by atoms with Crippen molar-refractivity contribution in [1.29, 1.82) is 0 Å². The fourth-order valence-corrected chi connectivity index (χ4v) is 3.55. The third kappa shape index (κ3) is 4.54. The number of ether oxygens (including phenoxy) is 1. The molecule has 3 heterocycles. The monoisotopic (exact) mass is 438 g/mol. The summed E-state index contributed by atoms with van der Waals surface area (Å²) in [7, 11) is 3.44. The van der Waals surface area contributed by atoms with Crippen LogP contribution in [0.1, 0.15) is 17.3 Å². The zero-order valence-corrected chi connectivity index (χ0v) is 18.3. The molecule has 1 amide bonds. The van der Waals surface area contributed by atoms with Crippen molar-refractivity contribution in [2.45, 2.75) is 13.5 Å². The number of nitrogens with one attached hydrogen (secondary N) is 1. The molecule has 0 saturated carbocycles. The summed E-state index contributed by atoms with van der Waals surface area (Å²) in [6, 6.07) is 9.38. The van der Waals surface area contributed by atoms with Crippen molar-refractivity contribution in [2.24, 2.45) is 13.0 Å². The molecule has 1 N–H and O–H groups in total. The fraction of sp³-hybridized carbons (Fsp3) is 0.273. The van der Waals surface area contributed by atoms with Gasteiger partial charge in [0, 0.05) is 31.9 Å². The summed E-state index contributed by atoms with van der Waals surface area (Å²) in [5.41, 5.74) is 2.78. The van der Waals surface area contributed by atoms with Gasteiger partial charge in [0.05, 0.1) is 41.2 Å². The molecule has 0 fully saturated rings. The third-order valence-electron chi connectivity index (χ3n) is 5.05. The molecule has 0 unspecified atom stereocenters. The second kappa shape index (κ2) is 8.77. The van der Waals surface area contributed by atoms with Crippen LogP contribution >= 0.6 is 11.6 Å².